The normalized spacial score (nSPS) is 13.0. The summed E-state index contributed by atoms with van der Waals surface area (Å²) in [6.45, 7) is 4.31. The lowest BCUT2D eigenvalue weighted by atomic mass is 10.1. The van der Waals surface area contributed by atoms with Crippen molar-refractivity contribution in [3.63, 3.8) is 0 Å². The van der Waals surface area contributed by atoms with Crippen molar-refractivity contribution >= 4 is 0 Å². The summed E-state index contributed by atoms with van der Waals surface area (Å²) in [5.74, 6) is 0.536. The van der Waals surface area contributed by atoms with E-state index in [-0.39, 0.29) is 0 Å². The van der Waals surface area contributed by atoms with E-state index in [0.29, 0.717) is 5.92 Å². The van der Waals surface area contributed by atoms with Gasteiger partial charge in [0.05, 0.1) is 5.69 Å². The topological polar surface area (TPSA) is 25.8 Å². The van der Waals surface area contributed by atoms with E-state index in [2.05, 4.69) is 23.8 Å². The minimum absolute atomic E-state index is 0.536. The van der Waals surface area contributed by atoms with Crippen molar-refractivity contribution in [2.45, 2.75) is 26.2 Å². The van der Waals surface area contributed by atoms with Crippen LogP contribution in [-0.4, -0.2) is 9.97 Å². The second-order valence-electron chi connectivity index (χ2n) is 2.44. The van der Waals surface area contributed by atoms with Crippen LogP contribution in [0.15, 0.2) is 18.6 Å². The maximum absolute atomic E-state index is 4.19. The molecule has 0 aromatic carbocycles. The molecule has 10 heavy (non-hydrogen) atoms. The van der Waals surface area contributed by atoms with Crippen LogP contribution < -0.4 is 0 Å². The van der Waals surface area contributed by atoms with Crippen LogP contribution >= 0.6 is 0 Å². The van der Waals surface area contributed by atoms with Crippen LogP contribution in [0.4, 0.5) is 0 Å². The summed E-state index contributed by atoms with van der Waals surface area (Å²) in [5, 5.41) is 0. The van der Waals surface area contributed by atoms with E-state index in [9.17, 15) is 0 Å². The minimum atomic E-state index is 0.536. The van der Waals surface area contributed by atoms with Crippen molar-refractivity contribution in [3.8, 4) is 0 Å². The molecule has 0 saturated carbocycles. The number of rotatable bonds is 2. The van der Waals surface area contributed by atoms with Gasteiger partial charge in [0, 0.05) is 18.6 Å². The first-order valence-corrected chi connectivity index (χ1v) is 3.60. The summed E-state index contributed by atoms with van der Waals surface area (Å²) in [5.41, 5.74) is 1.09. The highest BCUT2D eigenvalue weighted by Gasteiger charge is 2.01. The Balaban J connectivity index is 2.75. The Hall–Kier alpha value is -0.920. The van der Waals surface area contributed by atoms with Gasteiger partial charge >= 0.3 is 0 Å². The molecule has 0 saturated heterocycles. The van der Waals surface area contributed by atoms with Gasteiger partial charge in [-0.2, -0.15) is 0 Å². The maximum Gasteiger partial charge on any atom is 0.0614 e. The maximum atomic E-state index is 4.19. The number of nitrogens with zero attached hydrogens (tertiary/aromatic N) is 2. The van der Waals surface area contributed by atoms with Crippen molar-refractivity contribution in [3.05, 3.63) is 24.3 Å². The van der Waals surface area contributed by atoms with Crippen LogP contribution in [-0.2, 0) is 0 Å². The Bertz CT molecular complexity index is 184. The van der Waals surface area contributed by atoms with Gasteiger partial charge in [-0.3, -0.25) is 9.97 Å². The summed E-state index contributed by atoms with van der Waals surface area (Å²) in [4.78, 5) is 8.18. The standard InChI is InChI=1S/C8H12N2/c1-3-7(2)8-6-9-4-5-10-8/h4-7H,3H2,1-2H3/t7-/m0/s1. The zero-order valence-corrected chi connectivity index (χ0v) is 6.41. The SMILES string of the molecule is CC[C@H](C)c1cnccn1. The molecule has 1 rings (SSSR count). The lowest BCUT2D eigenvalue weighted by Gasteiger charge is -2.04. The molecule has 0 aliphatic rings. The number of hydrogen-bond acceptors (Lipinski definition) is 2. The summed E-state index contributed by atoms with van der Waals surface area (Å²) in [7, 11) is 0. The average molecular weight is 136 g/mol. The second-order valence-corrected chi connectivity index (χ2v) is 2.44. The molecule has 0 unspecified atom stereocenters. The molecule has 1 atom stereocenters. The quantitative estimate of drug-likeness (QED) is 0.621. The molecule has 1 aromatic rings. The van der Waals surface area contributed by atoms with Gasteiger partial charge < -0.3 is 0 Å². The molecule has 0 amide bonds. The largest absolute Gasteiger partial charge is 0.261 e. The third-order valence-electron chi connectivity index (χ3n) is 1.70. The van der Waals surface area contributed by atoms with Gasteiger partial charge in [0.1, 0.15) is 0 Å². The first-order valence-electron chi connectivity index (χ1n) is 3.60. The van der Waals surface area contributed by atoms with Gasteiger partial charge in [0.2, 0.25) is 0 Å². The van der Waals surface area contributed by atoms with Gasteiger partial charge in [0.25, 0.3) is 0 Å². The van der Waals surface area contributed by atoms with Crippen LogP contribution in [0.5, 0.6) is 0 Å². The molecule has 0 bridgehead atoms. The second kappa shape index (κ2) is 3.30. The zero-order valence-electron chi connectivity index (χ0n) is 6.41. The summed E-state index contributed by atoms with van der Waals surface area (Å²) in [6, 6.07) is 0. The Labute approximate surface area is 61.3 Å². The zero-order chi connectivity index (χ0) is 7.40. The molecule has 0 radical (unpaired) electrons. The first-order chi connectivity index (χ1) is 4.84. The first kappa shape index (κ1) is 7.19. The van der Waals surface area contributed by atoms with Crippen LogP contribution in [0.1, 0.15) is 31.9 Å². The van der Waals surface area contributed by atoms with Gasteiger partial charge in [-0.05, 0) is 12.3 Å². The van der Waals surface area contributed by atoms with Crippen molar-refractivity contribution in [2.75, 3.05) is 0 Å². The Morgan fingerprint density at radius 2 is 2.30 bits per heavy atom. The highest BCUT2D eigenvalue weighted by molar-refractivity contribution is 5.00. The lowest BCUT2D eigenvalue weighted by Crippen LogP contribution is -1.94. The van der Waals surface area contributed by atoms with Crippen molar-refractivity contribution in [2.24, 2.45) is 0 Å². The fourth-order valence-corrected chi connectivity index (χ4v) is 0.774. The smallest absolute Gasteiger partial charge is 0.0614 e. The van der Waals surface area contributed by atoms with E-state index < -0.39 is 0 Å². The third-order valence-corrected chi connectivity index (χ3v) is 1.70. The molecule has 2 nitrogen and oxygen atoms in total. The van der Waals surface area contributed by atoms with E-state index in [4.69, 9.17) is 0 Å². The molecule has 0 fully saturated rings. The Morgan fingerprint density at radius 1 is 1.50 bits per heavy atom. The van der Waals surface area contributed by atoms with Crippen LogP contribution in [0.3, 0.4) is 0 Å². The van der Waals surface area contributed by atoms with Gasteiger partial charge in [-0.15, -0.1) is 0 Å². The van der Waals surface area contributed by atoms with Crippen molar-refractivity contribution in [1.82, 2.24) is 9.97 Å². The van der Waals surface area contributed by atoms with E-state index in [1.807, 2.05) is 6.20 Å². The van der Waals surface area contributed by atoms with Gasteiger partial charge in [-0.1, -0.05) is 13.8 Å². The van der Waals surface area contributed by atoms with Crippen LogP contribution in [0.25, 0.3) is 0 Å². The monoisotopic (exact) mass is 136 g/mol. The molecule has 0 aliphatic carbocycles. The molecule has 0 spiro atoms. The highest BCUT2D eigenvalue weighted by Crippen LogP contribution is 2.13. The predicted octanol–water partition coefficient (Wildman–Crippen LogP) is 1.99. The Morgan fingerprint density at radius 3 is 2.80 bits per heavy atom. The fourth-order valence-electron chi connectivity index (χ4n) is 0.774. The van der Waals surface area contributed by atoms with Gasteiger partial charge in [-0.25, -0.2) is 0 Å². The fraction of sp³-hybridized carbons (Fsp3) is 0.500. The molecular formula is C8H12N2. The average Bonchev–Trinajstić information content (AvgIpc) is 2.05. The van der Waals surface area contributed by atoms with E-state index in [0.717, 1.165) is 12.1 Å². The van der Waals surface area contributed by atoms with Crippen LogP contribution in [0.2, 0.25) is 0 Å². The van der Waals surface area contributed by atoms with E-state index in [1.54, 1.807) is 12.4 Å². The van der Waals surface area contributed by atoms with Crippen molar-refractivity contribution < 1.29 is 0 Å². The van der Waals surface area contributed by atoms with E-state index >= 15 is 0 Å². The lowest BCUT2D eigenvalue weighted by molar-refractivity contribution is 0.702. The number of hydrogen-bond donors (Lipinski definition) is 0. The molecule has 0 aliphatic heterocycles. The summed E-state index contributed by atoms with van der Waals surface area (Å²) < 4.78 is 0. The van der Waals surface area contributed by atoms with Crippen LogP contribution in [0, 0.1) is 0 Å². The van der Waals surface area contributed by atoms with Gasteiger partial charge in [0.15, 0.2) is 0 Å². The predicted molar refractivity (Wildman–Crippen MR) is 40.7 cm³/mol. The molecular weight excluding hydrogens is 124 g/mol. The Kier molecular flexibility index (Phi) is 2.37. The highest BCUT2D eigenvalue weighted by atomic mass is 14.8. The summed E-state index contributed by atoms with van der Waals surface area (Å²) >= 11 is 0. The molecule has 0 N–H and O–H groups in total. The molecule has 54 valence electrons. The molecule has 2 heteroatoms. The molecule has 1 heterocycles. The molecule has 1 aromatic heterocycles. The minimum Gasteiger partial charge on any atom is -0.261 e. The number of aromatic nitrogens is 2. The van der Waals surface area contributed by atoms with Crippen molar-refractivity contribution in [1.29, 1.82) is 0 Å². The summed E-state index contributed by atoms with van der Waals surface area (Å²) in [6.07, 6.45) is 6.39. The third kappa shape index (κ3) is 1.53. The van der Waals surface area contributed by atoms with E-state index in [1.165, 1.54) is 0 Å².